The molecular formula is C12H11N3O2S. The number of aromatic nitrogens is 2. The molecule has 0 fully saturated rings. The van der Waals surface area contributed by atoms with Gasteiger partial charge in [-0.05, 0) is 17.9 Å². The van der Waals surface area contributed by atoms with E-state index in [1.54, 1.807) is 0 Å². The van der Waals surface area contributed by atoms with Gasteiger partial charge in [0, 0.05) is 6.42 Å². The van der Waals surface area contributed by atoms with E-state index in [4.69, 9.17) is 11.5 Å². The summed E-state index contributed by atoms with van der Waals surface area (Å²) in [4.78, 5) is 19.3. The Morgan fingerprint density at radius 3 is 3.11 bits per heavy atom. The smallest absolute Gasteiger partial charge is 0.327 e. The molecule has 0 spiro atoms. The van der Waals surface area contributed by atoms with Crippen molar-refractivity contribution in [3.8, 4) is 12.3 Å². The zero-order chi connectivity index (χ0) is 13.1. The molecule has 1 atom stereocenters. The zero-order valence-corrected chi connectivity index (χ0v) is 10.5. The normalized spacial score (nSPS) is 12.0. The highest BCUT2D eigenvalue weighted by Crippen LogP contribution is 2.28. The molecule has 0 saturated carbocycles. The van der Waals surface area contributed by atoms with E-state index in [9.17, 15) is 4.79 Å². The second-order valence-corrected chi connectivity index (χ2v) is 4.64. The van der Waals surface area contributed by atoms with Crippen molar-refractivity contribution in [2.24, 2.45) is 0 Å². The van der Waals surface area contributed by atoms with Crippen molar-refractivity contribution in [3.05, 3.63) is 17.3 Å². The van der Waals surface area contributed by atoms with E-state index >= 15 is 0 Å². The number of carboxylic acid groups (broad SMARTS) is 1. The zero-order valence-electron chi connectivity index (χ0n) is 9.67. The third kappa shape index (κ3) is 2.26. The molecule has 0 aliphatic heterocycles. The SMILES string of the molecule is C#CCC(Nc1ncnc2c(C)csc12)C(=O)O. The maximum Gasteiger partial charge on any atom is 0.327 e. The largest absolute Gasteiger partial charge is 0.480 e. The van der Waals surface area contributed by atoms with Gasteiger partial charge in [0.15, 0.2) is 0 Å². The van der Waals surface area contributed by atoms with Gasteiger partial charge in [-0.1, -0.05) is 0 Å². The molecule has 18 heavy (non-hydrogen) atoms. The van der Waals surface area contributed by atoms with Crippen molar-refractivity contribution >= 4 is 33.3 Å². The number of carboxylic acids is 1. The molecule has 0 radical (unpaired) electrons. The third-order valence-corrected chi connectivity index (χ3v) is 3.56. The molecular weight excluding hydrogens is 250 g/mol. The Balaban J connectivity index is 2.37. The highest BCUT2D eigenvalue weighted by molar-refractivity contribution is 7.18. The lowest BCUT2D eigenvalue weighted by atomic mass is 10.2. The number of carbonyl (C=O) groups is 1. The lowest BCUT2D eigenvalue weighted by Gasteiger charge is -2.12. The Labute approximate surface area is 108 Å². The number of terminal acetylenes is 1. The predicted octanol–water partition coefficient (Wildman–Crippen LogP) is 1.89. The fraction of sp³-hybridized carbons (Fsp3) is 0.250. The number of aliphatic carboxylic acids is 1. The van der Waals surface area contributed by atoms with E-state index in [2.05, 4.69) is 21.2 Å². The summed E-state index contributed by atoms with van der Waals surface area (Å²) in [5, 5.41) is 13.9. The van der Waals surface area contributed by atoms with E-state index < -0.39 is 12.0 Å². The van der Waals surface area contributed by atoms with Gasteiger partial charge in [-0.2, -0.15) is 0 Å². The van der Waals surface area contributed by atoms with Gasteiger partial charge in [-0.15, -0.1) is 23.7 Å². The van der Waals surface area contributed by atoms with Gasteiger partial charge in [-0.25, -0.2) is 14.8 Å². The first-order valence-corrected chi connectivity index (χ1v) is 6.13. The topological polar surface area (TPSA) is 75.1 Å². The maximum atomic E-state index is 11.0. The average Bonchev–Trinajstić information content (AvgIpc) is 2.72. The minimum atomic E-state index is -0.993. The van der Waals surface area contributed by atoms with Gasteiger partial charge in [-0.3, -0.25) is 0 Å². The van der Waals surface area contributed by atoms with Crippen molar-refractivity contribution in [3.63, 3.8) is 0 Å². The number of rotatable bonds is 4. The molecule has 0 aromatic carbocycles. The number of hydrogen-bond donors (Lipinski definition) is 2. The number of hydrogen-bond acceptors (Lipinski definition) is 5. The highest BCUT2D eigenvalue weighted by Gasteiger charge is 2.18. The summed E-state index contributed by atoms with van der Waals surface area (Å²) in [5.74, 6) is 1.86. The Morgan fingerprint density at radius 2 is 2.44 bits per heavy atom. The van der Waals surface area contributed by atoms with E-state index in [1.807, 2.05) is 12.3 Å². The van der Waals surface area contributed by atoms with Crippen LogP contribution in [0.25, 0.3) is 10.2 Å². The van der Waals surface area contributed by atoms with Crippen LogP contribution in [0.3, 0.4) is 0 Å². The van der Waals surface area contributed by atoms with Gasteiger partial charge >= 0.3 is 5.97 Å². The third-order valence-electron chi connectivity index (χ3n) is 2.46. The molecule has 2 N–H and O–H groups in total. The van der Waals surface area contributed by atoms with Crippen LogP contribution in [-0.4, -0.2) is 27.1 Å². The number of anilines is 1. The molecule has 0 aliphatic carbocycles. The van der Waals surface area contributed by atoms with Crippen molar-refractivity contribution in [2.75, 3.05) is 5.32 Å². The minimum Gasteiger partial charge on any atom is -0.480 e. The fourth-order valence-corrected chi connectivity index (χ4v) is 2.51. The minimum absolute atomic E-state index is 0.102. The molecule has 1 unspecified atom stereocenters. The Hall–Kier alpha value is -2.13. The lowest BCUT2D eigenvalue weighted by Crippen LogP contribution is -2.29. The van der Waals surface area contributed by atoms with E-state index in [-0.39, 0.29) is 6.42 Å². The number of nitrogens with zero attached hydrogens (tertiary/aromatic N) is 2. The van der Waals surface area contributed by atoms with Crippen LogP contribution in [0.4, 0.5) is 5.82 Å². The molecule has 2 aromatic heterocycles. The molecule has 0 amide bonds. The van der Waals surface area contributed by atoms with E-state index in [0.717, 1.165) is 15.8 Å². The standard InChI is InChI=1S/C12H11N3O2S/c1-3-4-8(12(16)17)15-11-10-9(13-6-14-11)7(2)5-18-10/h1,5-6,8H,4H2,2H3,(H,16,17)(H,13,14,15). The van der Waals surface area contributed by atoms with Gasteiger partial charge < -0.3 is 10.4 Å². The molecule has 0 aliphatic rings. The van der Waals surface area contributed by atoms with Crippen LogP contribution >= 0.6 is 11.3 Å². The van der Waals surface area contributed by atoms with E-state index in [1.165, 1.54) is 17.7 Å². The summed E-state index contributed by atoms with van der Waals surface area (Å²) in [6.45, 7) is 1.95. The van der Waals surface area contributed by atoms with Crippen LogP contribution < -0.4 is 5.32 Å². The first kappa shape index (κ1) is 12.3. The second-order valence-electron chi connectivity index (χ2n) is 3.76. The van der Waals surface area contributed by atoms with Crippen LogP contribution in [0.15, 0.2) is 11.7 Å². The quantitative estimate of drug-likeness (QED) is 0.822. The van der Waals surface area contributed by atoms with Crippen molar-refractivity contribution in [1.82, 2.24) is 9.97 Å². The van der Waals surface area contributed by atoms with Crippen molar-refractivity contribution in [1.29, 1.82) is 0 Å². The van der Waals surface area contributed by atoms with Crippen LogP contribution in [0.1, 0.15) is 12.0 Å². The number of aryl methyl sites for hydroxylation is 1. The number of fused-ring (bicyclic) bond motifs is 1. The number of nitrogens with one attached hydrogen (secondary N) is 1. The molecule has 2 heterocycles. The predicted molar refractivity (Wildman–Crippen MR) is 70.6 cm³/mol. The molecule has 92 valence electrons. The fourth-order valence-electron chi connectivity index (χ4n) is 1.56. The molecule has 5 nitrogen and oxygen atoms in total. The van der Waals surface area contributed by atoms with Gasteiger partial charge in [0.25, 0.3) is 0 Å². The summed E-state index contributed by atoms with van der Waals surface area (Å²) in [7, 11) is 0. The monoisotopic (exact) mass is 261 g/mol. The average molecular weight is 261 g/mol. The van der Waals surface area contributed by atoms with Crippen LogP contribution in [0.2, 0.25) is 0 Å². The Morgan fingerprint density at radius 1 is 1.67 bits per heavy atom. The molecule has 6 heteroatoms. The van der Waals surface area contributed by atoms with Crippen LogP contribution in [0, 0.1) is 19.3 Å². The second kappa shape index (κ2) is 5.02. The van der Waals surface area contributed by atoms with Gasteiger partial charge in [0.1, 0.15) is 18.2 Å². The van der Waals surface area contributed by atoms with Crippen molar-refractivity contribution in [2.45, 2.75) is 19.4 Å². The van der Waals surface area contributed by atoms with Crippen LogP contribution in [0.5, 0.6) is 0 Å². The molecule has 2 aromatic rings. The molecule has 0 bridgehead atoms. The van der Waals surface area contributed by atoms with Crippen molar-refractivity contribution < 1.29 is 9.90 Å². The summed E-state index contributed by atoms with van der Waals surface area (Å²) in [6.07, 6.45) is 6.67. The Kier molecular flexibility index (Phi) is 3.44. The maximum absolute atomic E-state index is 11.0. The highest BCUT2D eigenvalue weighted by atomic mass is 32.1. The lowest BCUT2D eigenvalue weighted by molar-refractivity contribution is -0.137. The molecule has 2 rings (SSSR count). The summed E-state index contributed by atoms with van der Waals surface area (Å²) in [6, 6.07) is -0.837. The van der Waals surface area contributed by atoms with E-state index in [0.29, 0.717) is 5.82 Å². The van der Waals surface area contributed by atoms with Gasteiger partial charge in [0.2, 0.25) is 0 Å². The van der Waals surface area contributed by atoms with Gasteiger partial charge in [0.05, 0.1) is 10.2 Å². The number of thiophene rings is 1. The summed E-state index contributed by atoms with van der Waals surface area (Å²) in [5.41, 5.74) is 1.88. The summed E-state index contributed by atoms with van der Waals surface area (Å²) < 4.78 is 0.846. The first-order chi connectivity index (χ1) is 8.63. The first-order valence-electron chi connectivity index (χ1n) is 5.25. The van der Waals surface area contributed by atoms with Crippen LogP contribution in [-0.2, 0) is 4.79 Å². The molecule has 0 saturated heterocycles. The Bertz CT molecular complexity index is 630. The summed E-state index contributed by atoms with van der Waals surface area (Å²) >= 11 is 1.48.